The Balaban J connectivity index is 2.06. The van der Waals surface area contributed by atoms with E-state index in [-0.39, 0.29) is 0 Å². The first-order valence-corrected chi connectivity index (χ1v) is 6.79. The highest BCUT2D eigenvalue weighted by Gasteiger charge is 2.31. The van der Waals surface area contributed by atoms with Crippen LogP contribution in [0.3, 0.4) is 0 Å². The van der Waals surface area contributed by atoms with Crippen molar-refractivity contribution in [2.45, 2.75) is 25.8 Å². The van der Waals surface area contributed by atoms with Crippen LogP contribution in [-0.2, 0) is 0 Å². The van der Waals surface area contributed by atoms with E-state index in [2.05, 4.69) is 38.4 Å². The molecule has 1 aliphatic carbocycles. The molecule has 0 bridgehead atoms. The van der Waals surface area contributed by atoms with Gasteiger partial charge in [0.15, 0.2) is 5.82 Å². The highest BCUT2D eigenvalue weighted by atomic mass is 79.9. The molecular weight excluding hydrogens is 294 g/mol. The van der Waals surface area contributed by atoms with Crippen LogP contribution in [0.5, 0.6) is 0 Å². The largest absolute Gasteiger partial charge is 0.399 e. The van der Waals surface area contributed by atoms with Crippen molar-refractivity contribution in [3.8, 4) is 11.4 Å². The van der Waals surface area contributed by atoms with Crippen molar-refractivity contribution < 1.29 is 0 Å². The van der Waals surface area contributed by atoms with E-state index in [1.807, 2.05) is 22.9 Å². The summed E-state index contributed by atoms with van der Waals surface area (Å²) in [6.45, 7) is 2.16. The molecule has 0 aliphatic heterocycles. The number of aromatic nitrogens is 4. The van der Waals surface area contributed by atoms with Crippen molar-refractivity contribution in [2.75, 3.05) is 5.73 Å². The molecule has 0 amide bonds. The molecule has 1 unspecified atom stereocenters. The minimum absolute atomic E-state index is 0.336. The summed E-state index contributed by atoms with van der Waals surface area (Å²) in [5.74, 6) is 1.47. The Hall–Kier alpha value is -1.43. The molecule has 0 radical (unpaired) electrons. The van der Waals surface area contributed by atoms with E-state index in [9.17, 15) is 0 Å². The fourth-order valence-corrected chi connectivity index (χ4v) is 2.56. The van der Waals surface area contributed by atoms with E-state index in [1.54, 1.807) is 0 Å². The molecule has 94 valence electrons. The van der Waals surface area contributed by atoms with Crippen LogP contribution in [0.4, 0.5) is 5.69 Å². The number of nitrogens with two attached hydrogens (primary N) is 1. The Kier molecular flexibility index (Phi) is 2.81. The number of tetrazole rings is 1. The van der Waals surface area contributed by atoms with Crippen molar-refractivity contribution in [1.29, 1.82) is 0 Å². The van der Waals surface area contributed by atoms with E-state index in [1.165, 1.54) is 12.8 Å². The van der Waals surface area contributed by atoms with Gasteiger partial charge in [0.05, 0.1) is 6.04 Å². The minimum Gasteiger partial charge on any atom is -0.399 e. The third kappa shape index (κ3) is 2.01. The summed E-state index contributed by atoms with van der Waals surface area (Å²) in [5.41, 5.74) is 7.48. The summed E-state index contributed by atoms with van der Waals surface area (Å²) < 4.78 is 2.85. The molecule has 1 aliphatic rings. The van der Waals surface area contributed by atoms with Crippen molar-refractivity contribution in [1.82, 2.24) is 20.2 Å². The molecule has 2 aromatic rings. The maximum atomic E-state index is 5.83. The van der Waals surface area contributed by atoms with Gasteiger partial charge in [-0.25, -0.2) is 4.68 Å². The number of hydrogen-bond donors (Lipinski definition) is 1. The maximum absolute atomic E-state index is 5.83. The second kappa shape index (κ2) is 4.35. The third-order valence-corrected chi connectivity index (χ3v) is 4.11. The number of halogens is 1. The number of benzene rings is 1. The number of rotatable bonds is 3. The van der Waals surface area contributed by atoms with E-state index in [4.69, 9.17) is 5.73 Å². The molecule has 0 spiro atoms. The fourth-order valence-electron chi connectivity index (χ4n) is 2.14. The van der Waals surface area contributed by atoms with E-state index in [0.29, 0.717) is 17.6 Å². The molecule has 1 heterocycles. The average Bonchev–Trinajstić information content (AvgIpc) is 3.09. The Morgan fingerprint density at radius 3 is 2.94 bits per heavy atom. The fraction of sp³-hybridized carbons (Fsp3) is 0.417. The molecule has 5 nitrogen and oxygen atoms in total. The zero-order valence-corrected chi connectivity index (χ0v) is 11.6. The summed E-state index contributed by atoms with van der Waals surface area (Å²) in [4.78, 5) is 0. The van der Waals surface area contributed by atoms with Crippen LogP contribution in [-0.4, -0.2) is 20.2 Å². The van der Waals surface area contributed by atoms with Gasteiger partial charge < -0.3 is 5.73 Å². The lowest BCUT2D eigenvalue weighted by Gasteiger charge is -2.13. The number of nitrogen functional groups attached to an aromatic ring is 1. The Morgan fingerprint density at radius 2 is 2.22 bits per heavy atom. The van der Waals surface area contributed by atoms with Crippen molar-refractivity contribution >= 4 is 21.6 Å². The quantitative estimate of drug-likeness (QED) is 0.885. The maximum Gasteiger partial charge on any atom is 0.183 e. The van der Waals surface area contributed by atoms with Crippen LogP contribution in [0.15, 0.2) is 22.7 Å². The lowest BCUT2D eigenvalue weighted by atomic mass is 10.1. The Morgan fingerprint density at radius 1 is 1.44 bits per heavy atom. The predicted octanol–water partition coefficient (Wildman–Crippen LogP) is 2.66. The molecule has 1 atom stereocenters. The molecule has 18 heavy (non-hydrogen) atoms. The number of anilines is 1. The molecule has 6 heteroatoms. The van der Waals surface area contributed by atoms with Gasteiger partial charge in [-0.2, -0.15) is 0 Å². The molecule has 1 fully saturated rings. The Bertz CT molecular complexity index is 576. The van der Waals surface area contributed by atoms with Gasteiger partial charge in [0.25, 0.3) is 0 Å². The third-order valence-electron chi connectivity index (χ3n) is 3.41. The highest BCUT2D eigenvalue weighted by Crippen LogP contribution is 2.40. The molecule has 1 saturated carbocycles. The molecule has 0 saturated heterocycles. The smallest absolute Gasteiger partial charge is 0.183 e. The van der Waals surface area contributed by atoms with Crippen LogP contribution < -0.4 is 5.73 Å². The normalized spacial score (nSPS) is 16.8. The van der Waals surface area contributed by atoms with Gasteiger partial charge in [-0.3, -0.25) is 0 Å². The van der Waals surface area contributed by atoms with Crippen LogP contribution in [0.1, 0.15) is 25.8 Å². The first-order chi connectivity index (χ1) is 8.66. The van der Waals surface area contributed by atoms with Crippen LogP contribution in [0.25, 0.3) is 11.4 Å². The second-order valence-electron chi connectivity index (χ2n) is 4.76. The highest BCUT2D eigenvalue weighted by molar-refractivity contribution is 9.10. The second-order valence-corrected chi connectivity index (χ2v) is 5.62. The van der Waals surface area contributed by atoms with Gasteiger partial charge in [-0.05, 0) is 54.3 Å². The predicted molar refractivity (Wildman–Crippen MR) is 72.8 cm³/mol. The summed E-state index contributed by atoms with van der Waals surface area (Å²) in [5, 5.41) is 12.1. The average molecular weight is 308 g/mol. The van der Waals surface area contributed by atoms with Crippen molar-refractivity contribution in [3.63, 3.8) is 0 Å². The van der Waals surface area contributed by atoms with Crippen molar-refractivity contribution in [3.05, 3.63) is 22.7 Å². The zero-order valence-electron chi connectivity index (χ0n) is 10.0. The topological polar surface area (TPSA) is 69.6 Å². The molecule has 3 rings (SSSR count). The minimum atomic E-state index is 0.336. The molecule has 1 aromatic carbocycles. The Labute approximate surface area is 113 Å². The van der Waals surface area contributed by atoms with Crippen LogP contribution in [0, 0.1) is 5.92 Å². The first kappa shape index (κ1) is 11.6. The van der Waals surface area contributed by atoms with E-state index in [0.717, 1.165) is 15.9 Å². The van der Waals surface area contributed by atoms with Crippen LogP contribution >= 0.6 is 15.9 Å². The standard InChI is InChI=1S/C12H14BrN5/c1-7(8-2-3-8)18-12(15-16-17-18)10-6-9(14)4-5-11(10)13/h4-8H,2-3,14H2,1H3. The summed E-state index contributed by atoms with van der Waals surface area (Å²) in [6.07, 6.45) is 2.52. The van der Waals surface area contributed by atoms with E-state index >= 15 is 0 Å². The van der Waals surface area contributed by atoms with Crippen LogP contribution in [0.2, 0.25) is 0 Å². The monoisotopic (exact) mass is 307 g/mol. The molecular formula is C12H14BrN5. The van der Waals surface area contributed by atoms with Crippen molar-refractivity contribution in [2.24, 2.45) is 5.92 Å². The lowest BCUT2D eigenvalue weighted by molar-refractivity contribution is 0.433. The number of hydrogen-bond acceptors (Lipinski definition) is 4. The van der Waals surface area contributed by atoms with Gasteiger partial charge in [-0.15, -0.1) is 5.10 Å². The van der Waals surface area contributed by atoms with E-state index < -0.39 is 0 Å². The first-order valence-electron chi connectivity index (χ1n) is 6.00. The molecule has 2 N–H and O–H groups in total. The number of nitrogens with zero attached hydrogens (tertiary/aromatic N) is 4. The summed E-state index contributed by atoms with van der Waals surface area (Å²) >= 11 is 3.52. The zero-order chi connectivity index (χ0) is 12.7. The van der Waals surface area contributed by atoms with Gasteiger partial charge in [0.2, 0.25) is 0 Å². The molecule has 1 aromatic heterocycles. The lowest BCUT2D eigenvalue weighted by Crippen LogP contribution is -2.11. The van der Waals surface area contributed by atoms with Gasteiger partial charge in [-0.1, -0.05) is 15.9 Å². The van der Waals surface area contributed by atoms with Gasteiger partial charge >= 0.3 is 0 Å². The van der Waals surface area contributed by atoms with Gasteiger partial charge in [0.1, 0.15) is 0 Å². The van der Waals surface area contributed by atoms with Gasteiger partial charge in [0, 0.05) is 15.7 Å². The summed E-state index contributed by atoms with van der Waals surface area (Å²) in [6, 6.07) is 6.01. The SMILES string of the molecule is CC(C1CC1)n1nnnc1-c1cc(N)ccc1Br. The summed E-state index contributed by atoms with van der Waals surface area (Å²) in [7, 11) is 0.